The highest BCUT2D eigenvalue weighted by Gasteiger charge is 2.45. The smallest absolute Gasteiger partial charge is 0.432 e. The molecule has 19 heteroatoms. The van der Waals surface area contributed by atoms with E-state index in [0.717, 1.165) is 30.6 Å². The van der Waals surface area contributed by atoms with E-state index in [9.17, 15) is 29.3 Å². The number of fused-ring (bicyclic) bond motifs is 1. The number of hydrogen-bond acceptors (Lipinski definition) is 14. The van der Waals surface area contributed by atoms with Gasteiger partial charge in [-0.1, -0.05) is 12.8 Å². The fourth-order valence-corrected chi connectivity index (χ4v) is 5.72. The minimum absolute atomic E-state index is 0.0382. The highest BCUT2D eigenvalue weighted by Crippen LogP contribution is 2.42. The number of anilines is 1. The van der Waals surface area contributed by atoms with Crippen molar-refractivity contribution in [3.8, 4) is 0 Å². The van der Waals surface area contributed by atoms with Crippen molar-refractivity contribution in [2.24, 2.45) is 0 Å². The molecule has 2 aromatic rings. The topological polar surface area (TPSA) is 217 Å². The van der Waals surface area contributed by atoms with E-state index in [1.807, 2.05) is 0 Å². The Morgan fingerprint density at radius 3 is 2.67 bits per heavy atom. The molecule has 1 aliphatic carbocycles. The van der Waals surface area contributed by atoms with Crippen LogP contribution in [0.15, 0.2) is 6.33 Å². The molecule has 17 nitrogen and oxygen atoms in total. The number of nitrogens with one attached hydrogen (secondary N) is 1. The maximum Gasteiger partial charge on any atom is 0.510 e. The number of likely N-dealkylation sites (N-methyl/N-ethyl adjacent to an activating group) is 1. The number of methoxy groups -OCH3 is 1. The minimum atomic E-state index is -4.51. The number of nitrogens with zero attached hydrogens (tertiary/aromatic N) is 5. The zero-order chi connectivity index (χ0) is 30.4. The normalized spacial score (nSPS) is 24.0. The van der Waals surface area contributed by atoms with Gasteiger partial charge in [0.15, 0.2) is 23.2 Å². The number of aliphatic hydroxyl groups excluding tert-OH is 2. The van der Waals surface area contributed by atoms with Gasteiger partial charge in [0.25, 0.3) is 0 Å². The molecule has 2 fully saturated rings. The van der Waals surface area contributed by atoms with Crippen LogP contribution in [0, 0.1) is 0 Å². The SMILES string of the molecule is COCCOC(=O)OCOP(=O)(O)CC(=O)N(C)C[C@H]1O[C@@H](n2cnc3c(NC4CCCC4)nc(Cl)nc32)[C@H](O)[C@@H]1O. The Kier molecular flexibility index (Phi) is 10.9. The fourth-order valence-electron chi connectivity index (χ4n) is 4.67. The van der Waals surface area contributed by atoms with Crippen molar-refractivity contribution < 1.29 is 52.7 Å². The Labute approximate surface area is 245 Å². The Balaban J connectivity index is 1.34. The molecule has 3 heterocycles. The number of carbonyl (C=O) groups is 2. The van der Waals surface area contributed by atoms with Crippen LogP contribution in [-0.2, 0) is 32.8 Å². The highest BCUT2D eigenvalue weighted by molar-refractivity contribution is 7.53. The van der Waals surface area contributed by atoms with Gasteiger partial charge in [-0.2, -0.15) is 9.97 Å². The minimum Gasteiger partial charge on any atom is -0.432 e. The van der Waals surface area contributed by atoms with Gasteiger partial charge in [0, 0.05) is 26.7 Å². The summed E-state index contributed by atoms with van der Waals surface area (Å²) in [4.78, 5) is 47.9. The van der Waals surface area contributed by atoms with Crippen LogP contribution in [0.1, 0.15) is 31.9 Å². The molecular weight excluding hydrogens is 603 g/mol. The predicted molar refractivity (Wildman–Crippen MR) is 145 cm³/mol. The second-order valence-corrected chi connectivity index (χ2v) is 12.1. The van der Waals surface area contributed by atoms with Crippen molar-refractivity contribution in [1.82, 2.24) is 24.4 Å². The number of aromatic nitrogens is 4. The Hall–Kier alpha value is -2.63. The van der Waals surface area contributed by atoms with E-state index in [-0.39, 0.29) is 36.7 Å². The van der Waals surface area contributed by atoms with Gasteiger partial charge in [-0.25, -0.2) is 9.78 Å². The predicted octanol–water partition coefficient (Wildman–Crippen LogP) is 0.871. The number of halogens is 1. The average Bonchev–Trinajstić information content (AvgIpc) is 3.65. The molecule has 1 unspecified atom stereocenters. The van der Waals surface area contributed by atoms with E-state index in [0.29, 0.717) is 11.3 Å². The van der Waals surface area contributed by atoms with E-state index in [1.165, 1.54) is 25.1 Å². The summed E-state index contributed by atoms with van der Waals surface area (Å²) >= 11 is 6.18. The van der Waals surface area contributed by atoms with Crippen molar-refractivity contribution in [1.29, 1.82) is 0 Å². The van der Waals surface area contributed by atoms with Crippen LogP contribution in [0.25, 0.3) is 11.2 Å². The molecule has 2 aliphatic rings. The van der Waals surface area contributed by atoms with Crippen molar-refractivity contribution >= 4 is 48.2 Å². The Morgan fingerprint density at radius 1 is 1.21 bits per heavy atom. The van der Waals surface area contributed by atoms with Gasteiger partial charge >= 0.3 is 13.8 Å². The molecule has 4 N–H and O–H groups in total. The number of rotatable bonds is 13. The Bertz CT molecular complexity index is 1300. The lowest BCUT2D eigenvalue weighted by Crippen LogP contribution is -2.41. The van der Waals surface area contributed by atoms with E-state index in [2.05, 4.69) is 34.3 Å². The lowest BCUT2D eigenvalue weighted by Gasteiger charge is -2.23. The fraction of sp³-hybridized carbons (Fsp3) is 0.696. The highest BCUT2D eigenvalue weighted by atomic mass is 35.5. The molecule has 234 valence electrons. The van der Waals surface area contributed by atoms with Crippen molar-refractivity contribution in [2.45, 2.75) is 56.3 Å². The summed E-state index contributed by atoms with van der Waals surface area (Å²) in [6, 6.07) is 0.228. The van der Waals surface area contributed by atoms with Gasteiger partial charge in [0.1, 0.15) is 31.1 Å². The van der Waals surface area contributed by atoms with Gasteiger partial charge in [-0.15, -0.1) is 0 Å². The van der Waals surface area contributed by atoms with Gasteiger partial charge in [0.05, 0.1) is 12.9 Å². The standard InChI is InChI=1S/C23H34ClN6O11P/c1-29(15(31)10-42(35,36)40-12-39-23(34)38-8-7-37-2)9-14-17(32)18(33)21(41-14)30-11-25-16-19(26-13-5-3-4-6-13)27-22(24)28-20(16)30/h11,13-14,17-18,21,32-33H,3-10,12H2,1-2H3,(H,35,36)(H,26,27,28)/t14-,17-,18-,21-/m1/s1. The van der Waals surface area contributed by atoms with Crippen LogP contribution in [0.3, 0.4) is 0 Å². The van der Waals surface area contributed by atoms with Gasteiger partial charge in [0.2, 0.25) is 18.0 Å². The summed E-state index contributed by atoms with van der Waals surface area (Å²) in [7, 11) is -1.78. The van der Waals surface area contributed by atoms with Gasteiger partial charge in [-0.3, -0.25) is 18.5 Å². The number of imidazole rings is 1. The molecule has 1 aliphatic heterocycles. The molecule has 1 saturated heterocycles. The summed E-state index contributed by atoms with van der Waals surface area (Å²) in [6.07, 6.45) is -1.56. The third kappa shape index (κ3) is 8.05. The van der Waals surface area contributed by atoms with Crippen molar-refractivity contribution in [2.75, 3.05) is 52.2 Å². The molecule has 1 amide bonds. The molecule has 1 saturated carbocycles. The van der Waals surface area contributed by atoms with Gasteiger partial charge in [-0.05, 0) is 24.4 Å². The molecule has 5 atom stereocenters. The molecule has 0 radical (unpaired) electrons. The molecule has 42 heavy (non-hydrogen) atoms. The first kappa shape index (κ1) is 32.3. The molecule has 4 rings (SSSR count). The molecule has 2 aromatic heterocycles. The van der Waals surface area contributed by atoms with E-state index < -0.39 is 57.2 Å². The van der Waals surface area contributed by atoms with Crippen LogP contribution in [0.2, 0.25) is 5.28 Å². The number of ether oxygens (including phenoxy) is 4. The third-order valence-electron chi connectivity index (χ3n) is 6.85. The van der Waals surface area contributed by atoms with Gasteiger partial charge < -0.3 is 44.3 Å². The number of carbonyl (C=O) groups excluding carboxylic acids is 2. The third-order valence-corrected chi connectivity index (χ3v) is 8.20. The number of amides is 1. The van der Waals surface area contributed by atoms with E-state index in [4.69, 9.17) is 21.1 Å². The first-order valence-corrected chi connectivity index (χ1v) is 15.3. The average molecular weight is 637 g/mol. The van der Waals surface area contributed by atoms with E-state index >= 15 is 0 Å². The molecule has 0 spiro atoms. The summed E-state index contributed by atoms with van der Waals surface area (Å²) < 4.78 is 38.1. The zero-order valence-electron chi connectivity index (χ0n) is 23.0. The maximum atomic E-state index is 12.6. The Morgan fingerprint density at radius 2 is 1.95 bits per heavy atom. The number of aliphatic hydroxyl groups is 2. The van der Waals surface area contributed by atoms with Crippen LogP contribution < -0.4 is 5.32 Å². The second kappa shape index (κ2) is 14.2. The second-order valence-electron chi connectivity index (χ2n) is 9.89. The summed E-state index contributed by atoms with van der Waals surface area (Å²) in [6.45, 7) is -1.11. The molecule has 0 aromatic carbocycles. The van der Waals surface area contributed by atoms with E-state index in [1.54, 1.807) is 0 Å². The van der Waals surface area contributed by atoms with Crippen LogP contribution >= 0.6 is 19.2 Å². The van der Waals surface area contributed by atoms with Crippen LogP contribution in [0.5, 0.6) is 0 Å². The summed E-state index contributed by atoms with van der Waals surface area (Å²) in [5.74, 6) is -0.373. The molecule has 0 bridgehead atoms. The molecular formula is C23H34ClN6O11P. The van der Waals surface area contributed by atoms with Crippen molar-refractivity contribution in [3.05, 3.63) is 11.6 Å². The maximum absolute atomic E-state index is 12.6. The lowest BCUT2D eigenvalue weighted by molar-refractivity contribution is -0.130. The summed E-state index contributed by atoms with van der Waals surface area (Å²) in [5.41, 5.74) is 0.693. The quantitative estimate of drug-likeness (QED) is 0.0788. The van der Waals surface area contributed by atoms with Crippen LogP contribution in [-0.4, -0.2) is 123 Å². The summed E-state index contributed by atoms with van der Waals surface area (Å²) in [5, 5.41) is 24.8. The van der Waals surface area contributed by atoms with Crippen LogP contribution in [0.4, 0.5) is 10.6 Å². The first-order chi connectivity index (χ1) is 20.0. The first-order valence-electron chi connectivity index (χ1n) is 13.2. The lowest BCUT2D eigenvalue weighted by atomic mass is 10.1. The zero-order valence-corrected chi connectivity index (χ0v) is 24.6. The number of hydrogen-bond donors (Lipinski definition) is 4. The van der Waals surface area contributed by atoms with Crippen molar-refractivity contribution in [3.63, 3.8) is 0 Å². The largest absolute Gasteiger partial charge is 0.510 e. The monoisotopic (exact) mass is 636 g/mol.